The number of hydrogen-bond acceptors (Lipinski definition) is 3. The zero-order valence-electron chi connectivity index (χ0n) is 18.7. The van der Waals surface area contributed by atoms with E-state index in [4.69, 9.17) is 5.73 Å². The summed E-state index contributed by atoms with van der Waals surface area (Å²) in [4.78, 5) is 0. The second-order valence-electron chi connectivity index (χ2n) is 9.34. The van der Waals surface area contributed by atoms with Crippen molar-refractivity contribution in [2.24, 2.45) is 11.7 Å². The Bertz CT molecular complexity index is 1010. The van der Waals surface area contributed by atoms with Crippen molar-refractivity contribution in [1.82, 2.24) is 4.31 Å². The Morgan fingerprint density at radius 2 is 1.75 bits per heavy atom. The minimum Gasteiger partial charge on any atom is -0.327 e. The van der Waals surface area contributed by atoms with Gasteiger partial charge in [0, 0.05) is 25.0 Å². The van der Waals surface area contributed by atoms with Gasteiger partial charge in [-0.05, 0) is 85.3 Å². The van der Waals surface area contributed by atoms with Gasteiger partial charge < -0.3 is 5.73 Å². The van der Waals surface area contributed by atoms with E-state index in [0.29, 0.717) is 19.0 Å². The molecule has 2 unspecified atom stereocenters. The van der Waals surface area contributed by atoms with E-state index < -0.39 is 10.0 Å². The van der Waals surface area contributed by atoms with Crippen LogP contribution in [0.2, 0.25) is 0 Å². The third-order valence-electron chi connectivity index (χ3n) is 6.74. The molecule has 2 N–H and O–H groups in total. The molecule has 2 atom stereocenters. The van der Waals surface area contributed by atoms with Crippen LogP contribution in [0.25, 0.3) is 0 Å². The van der Waals surface area contributed by atoms with Gasteiger partial charge in [0.25, 0.3) is 0 Å². The molecular formula is C25H34ClFN2O2S. The average molecular weight is 481 g/mol. The quantitative estimate of drug-likeness (QED) is 0.576. The fraction of sp³-hybridized carbons (Fsp3) is 0.520. The molecule has 4 rings (SSSR count). The van der Waals surface area contributed by atoms with Gasteiger partial charge in [0.15, 0.2) is 0 Å². The first kappa shape index (κ1) is 25.2. The normalized spacial score (nSPS) is 20.6. The Morgan fingerprint density at radius 3 is 2.41 bits per heavy atom. The van der Waals surface area contributed by atoms with E-state index in [1.54, 1.807) is 4.31 Å². The molecule has 32 heavy (non-hydrogen) atoms. The highest BCUT2D eigenvalue weighted by Gasteiger charge is 2.29. The van der Waals surface area contributed by atoms with Crippen LogP contribution < -0.4 is 5.73 Å². The van der Waals surface area contributed by atoms with E-state index in [0.717, 1.165) is 50.5 Å². The van der Waals surface area contributed by atoms with Crippen molar-refractivity contribution < 1.29 is 12.8 Å². The van der Waals surface area contributed by atoms with Crippen LogP contribution in [0, 0.1) is 11.7 Å². The second kappa shape index (κ2) is 10.6. The predicted molar refractivity (Wildman–Crippen MR) is 130 cm³/mol. The largest absolute Gasteiger partial charge is 0.327 e. The summed E-state index contributed by atoms with van der Waals surface area (Å²) in [6, 6.07) is 13.5. The first-order valence-corrected chi connectivity index (χ1v) is 13.2. The van der Waals surface area contributed by atoms with Crippen molar-refractivity contribution in [3.05, 3.63) is 70.5 Å². The molecule has 0 radical (unpaired) electrons. The molecule has 2 aliphatic carbocycles. The van der Waals surface area contributed by atoms with Gasteiger partial charge in [0.05, 0.1) is 6.26 Å². The van der Waals surface area contributed by atoms with Gasteiger partial charge in [-0.3, -0.25) is 0 Å². The van der Waals surface area contributed by atoms with Gasteiger partial charge in [-0.15, -0.1) is 12.4 Å². The summed E-state index contributed by atoms with van der Waals surface area (Å²) in [6.07, 6.45) is 8.02. The van der Waals surface area contributed by atoms with Gasteiger partial charge in [-0.25, -0.2) is 17.1 Å². The number of benzene rings is 2. The van der Waals surface area contributed by atoms with Crippen LogP contribution in [0.3, 0.4) is 0 Å². The van der Waals surface area contributed by atoms with Crippen molar-refractivity contribution in [1.29, 1.82) is 0 Å². The first-order valence-electron chi connectivity index (χ1n) is 11.4. The molecule has 0 bridgehead atoms. The lowest BCUT2D eigenvalue weighted by Crippen LogP contribution is -2.34. The molecule has 2 aromatic rings. The van der Waals surface area contributed by atoms with E-state index in [9.17, 15) is 12.8 Å². The standard InChI is InChI=1S/C25H33FN2O2S.ClH/c1-31(29,30)28(17-20-4-5-20)14-2-3-18-6-9-21-10-13-25(27)24(23(21)15-18)16-19-7-11-22(26)12-8-19;/h6-9,11-12,15,20,24-25H,2-5,10,13-14,16-17,27H2,1H3;1H. The Hall–Kier alpha value is -1.47. The smallest absolute Gasteiger partial charge is 0.211 e. The van der Waals surface area contributed by atoms with Crippen molar-refractivity contribution in [2.45, 2.75) is 56.9 Å². The molecule has 4 nitrogen and oxygen atoms in total. The molecule has 1 saturated carbocycles. The Morgan fingerprint density at radius 1 is 1.06 bits per heavy atom. The third kappa shape index (κ3) is 6.53. The van der Waals surface area contributed by atoms with Gasteiger partial charge in [0.1, 0.15) is 5.82 Å². The van der Waals surface area contributed by atoms with Crippen molar-refractivity contribution >= 4 is 22.4 Å². The maximum atomic E-state index is 13.3. The topological polar surface area (TPSA) is 63.4 Å². The minimum atomic E-state index is -3.15. The van der Waals surface area contributed by atoms with E-state index in [1.165, 1.54) is 35.1 Å². The van der Waals surface area contributed by atoms with E-state index in [-0.39, 0.29) is 30.2 Å². The van der Waals surface area contributed by atoms with E-state index >= 15 is 0 Å². The van der Waals surface area contributed by atoms with Crippen LogP contribution in [0.15, 0.2) is 42.5 Å². The highest BCUT2D eigenvalue weighted by molar-refractivity contribution is 7.88. The number of fused-ring (bicyclic) bond motifs is 1. The number of halogens is 2. The Labute approximate surface area is 197 Å². The van der Waals surface area contributed by atoms with Gasteiger partial charge in [-0.2, -0.15) is 0 Å². The molecule has 0 saturated heterocycles. The number of hydrogen-bond donors (Lipinski definition) is 1. The fourth-order valence-electron chi connectivity index (χ4n) is 4.70. The number of aryl methyl sites for hydroxylation is 2. The number of nitrogens with zero attached hydrogens (tertiary/aromatic N) is 1. The lowest BCUT2D eigenvalue weighted by atomic mass is 9.76. The highest BCUT2D eigenvalue weighted by Crippen LogP contribution is 2.35. The van der Waals surface area contributed by atoms with Crippen molar-refractivity contribution in [3.8, 4) is 0 Å². The first-order chi connectivity index (χ1) is 14.8. The van der Waals surface area contributed by atoms with Gasteiger partial charge >= 0.3 is 0 Å². The summed E-state index contributed by atoms with van der Waals surface area (Å²) in [5.74, 6) is 0.549. The molecule has 0 aliphatic heterocycles. The number of rotatable bonds is 9. The molecule has 7 heteroatoms. The van der Waals surface area contributed by atoms with E-state index in [2.05, 4.69) is 18.2 Å². The zero-order valence-corrected chi connectivity index (χ0v) is 20.3. The molecule has 176 valence electrons. The minimum absolute atomic E-state index is 0. The summed E-state index contributed by atoms with van der Waals surface area (Å²) in [5.41, 5.74) is 11.5. The average Bonchev–Trinajstić information content (AvgIpc) is 3.54. The molecule has 1 fully saturated rings. The number of sulfonamides is 1. The van der Waals surface area contributed by atoms with Gasteiger partial charge in [0.2, 0.25) is 10.0 Å². The summed E-state index contributed by atoms with van der Waals surface area (Å²) in [5, 5.41) is 0. The van der Waals surface area contributed by atoms with Crippen LogP contribution in [-0.4, -0.2) is 38.1 Å². The molecule has 2 aromatic carbocycles. The lowest BCUT2D eigenvalue weighted by molar-refractivity contribution is 0.393. The van der Waals surface area contributed by atoms with E-state index in [1.807, 2.05) is 12.1 Å². The maximum absolute atomic E-state index is 13.3. The van der Waals surface area contributed by atoms with Crippen LogP contribution >= 0.6 is 12.4 Å². The van der Waals surface area contributed by atoms with Gasteiger partial charge in [-0.1, -0.05) is 30.3 Å². The summed E-state index contributed by atoms with van der Waals surface area (Å²) < 4.78 is 39.1. The predicted octanol–water partition coefficient (Wildman–Crippen LogP) is 4.45. The molecule has 0 amide bonds. The Kier molecular flexibility index (Phi) is 8.37. The third-order valence-corrected chi connectivity index (χ3v) is 8.01. The number of nitrogens with two attached hydrogens (primary N) is 1. The molecule has 0 heterocycles. The molecule has 2 aliphatic rings. The van der Waals surface area contributed by atoms with Crippen LogP contribution in [-0.2, 0) is 29.3 Å². The maximum Gasteiger partial charge on any atom is 0.211 e. The van der Waals surface area contributed by atoms with Crippen LogP contribution in [0.1, 0.15) is 53.9 Å². The highest BCUT2D eigenvalue weighted by atomic mass is 35.5. The van der Waals surface area contributed by atoms with Crippen molar-refractivity contribution in [3.63, 3.8) is 0 Å². The Balaban J connectivity index is 0.00000289. The van der Waals surface area contributed by atoms with Crippen LogP contribution in [0.5, 0.6) is 0 Å². The summed E-state index contributed by atoms with van der Waals surface area (Å²) in [7, 11) is -3.15. The monoisotopic (exact) mass is 480 g/mol. The molecular weight excluding hydrogens is 447 g/mol. The fourth-order valence-corrected chi connectivity index (χ4v) is 5.65. The summed E-state index contributed by atoms with van der Waals surface area (Å²) >= 11 is 0. The second-order valence-corrected chi connectivity index (χ2v) is 11.3. The zero-order chi connectivity index (χ0) is 22.0. The SMILES string of the molecule is CS(=O)(=O)N(CCCc1ccc2c(c1)C(Cc1ccc(F)cc1)C(N)CC2)CC1CC1.Cl. The lowest BCUT2D eigenvalue weighted by Gasteiger charge is -2.32. The van der Waals surface area contributed by atoms with Crippen LogP contribution in [0.4, 0.5) is 4.39 Å². The van der Waals surface area contributed by atoms with Crippen molar-refractivity contribution in [2.75, 3.05) is 19.3 Å². The summed E-state index contributed by atoms with van der Waals surface area (Å²) in [6.45, 7) is 1.24. The molecule has 0 spiro atoms. The molecule has 0 aromatic heterocycles.